The van der Waals surface area contributed by atoms with Crippen LogP contribution in [0.15, 0.2) is 0 Å². The van der Waals surface area contributed by atoms with Crippen LogP contribution in [-0.2, 0) is 49.7 Å². The molecule has 0 aliphatic carbocycles. The van der Waals surface area contributed by atoms with Gasteiger partial charge in [-0.15, -0.1) is 0 Å². The zero-order valence-corrected chi connectivity index (χ0v) is 19.4. The van der Waals surface area contributed by atoms with Crippen LogP contribution < -0.4 is 59.1 Å². The SMILES string of the molecule is O=[S-](=S)OCCCCSCCCCS(=O)(=O)[S-].[Na+].[Na+]. The van der Waals surface area contributed by atoms with Gasteiger partial charge in [0.2, 0.25) is 0 Å². The van der Waals surface area contributed by atoms with Gasteiger partial charge in [-0.2, -0.15) is 11.8 Å². The summed E-state index contributed by atoms with van der Waals surface area (Å²) in [6, 6.07) is 0. The molecule has 0 spiro atoms. The number of hydrogen-bond donors (Lipinski definition) is 0. The Balaban J connectivity index is -0.00000128. The molecule has 0 saturated heterocycles. The molecule has 0 radical (unpaired) electrons. The number of unbranched alkanes of at least 4 members (excludes halogenated alkanes) is 2. The zero-order valence-electron chi connectivity index (χ0n) is 11.3. The van der Waals surface area contributed by atoms with Crippen LogP contribution in [0.25, 0.3) is 0 Å². The second-order valence-electron chi connectivity index (χ2n) is 3.31. The van der Waals surface area contributed by atoms with E-state index in [2.05, 4.69) is 22.8 Å². The van der Waals surface area contributed by atoms with Crippen molar-refractivity contribution in [3.05, 3.63) is 0 Å². The molecule has 0 aromatic heterocycles. The third-order valence-electron chi connectivity index (χ3n) is 1.80. The molecule has 19 heavy (non-hydrogen) atoms. The van der Waals surface area contributed by atoms with E-state index in [9.17, 15) is 12.6 Å². The normalized spacial score (nSPS) is 10.8. The van der Waals surface area contributed by atoms with Crippen LogP contribution in [0.2, 0.25) is 0 Å². The van der Waals surface area contributed by atoms with E-state index in [-0.39, 0.29) is 64.9 Å². The van der Waals surface area contributed by atoms with Crippen molar-refractivity contribution in [3.63, 3.8) is 0 Å². The minimum Gasteiger partial charge on any atom is -0.649 e. The average Bonchev–Trinajstić information content (AvgIpc) is 2.18. The minimum atomic E-state index is -3.22. The van der Waals surface area contributed by atoms with Gasteiger partial charge in [0, 0.05) is 21.2 Å². The topological polar surface area (TPSA) is 60.4 Å². The predicted octanol–water partition coefficient (Wildman–Crippen LogP) is -4.48. The van der Waals surface area contributed by atoms with Gasteiger partial charge in [-0.1, -0.05) is 9.64 Å². The van der Waals surface area contributed by atoms with E-state index >= 15 is 0 Å². The van der Waals surface area contributed by atoms with Crippen LogP contribution >= 0.6 is 11.8 Å². The maximum absolute atomic E-state index is 10.7. The van der Waals surface area contributed by atoms with Crippen LogP contribution in [-0.4, -0.2) is 32.3 Å². The Labute approximate surface area is 176 Å². The fraction of sp³-hybridized carbons (Fsp3) is 1.00. The van der Waals surface area contributed by atoms with Crippen molar-refractivity contribution in [1.29, 1.82) is 0 Å². The van der Waals surface area contributed by atoms with Crippen LogP contribution in [0.1, 0.15) is 25.7 Å². The smallest absolute Gasteiger partial charge is 0.649 e. The van der Waals surface area contributed by atoms with Gasteiger partial charge in [-0.3, -0.25) is 8.42 Å². The van der Waals surface area contributed by atoms with Gasteiger partial charge in [0.25, 0.3) is 0 Å². The molecule has 11 heteroatoms. The van der Waals surface area contributed by atoms with Crippen molar-refractivity contribution < 1.29 is 75.9 Å². The quantitative estimate of drug-likeness (QED) is 0.155. The third-order valence-corrected chi connectivity index (χ3v) is 4.89. The Morgan fingerprint density at radius 1 is 1.11 bits per heavy atom. The van der Waals surface area contributed by atoms with E-state index in [1.807, 2.05) is 0 Å². The molecular formula is C8H16Na2O4S5. The van der Waals surface area contributed by atoms with Gasteiger partial charge in [0.1, 0.15) is 0 Å². The second-order valence-corrected chi connectivity index (χ2v) is 9.05. The van der Waals surface area contributed by atoms with Crippen molar-refractivity contribution in [2.75, 3.05) is 23.9 Å². The Hall–Kier alpha value is 2.98. The number of thioether (sulfide) groups is 1. The van der Waals surface area contributed by atoms with Gasteiger partial charge in [0.15, 0.2) is 0 Å². The summed E-state index contributed by atoms with van der Waals surface area (Å²) >= 11 is 10.4. The zero-order chi connectivity index (χ0) is 13.1. The van der Waals surface area contributed by atoms with E-state index in [0.717, 1.165) is 30.8 Å². The second kappa shape index (κ2) is 17.3. The fourth-order valence-corrected chi connectivity index (χ4v) is 3.41. The Morgan fingerprint density at radius 2 is 1.63 bits per heavy atom. The van der Waals surface area contributed by atoms with Crippen LogP contribution in [0.3, 0.4) is 0 Å². The molecule has 0 N–H and O–H groups in total. The molecule has 0 atom stereocenters. The molecule has 0 aliphatic heterocycles. The molecule has 0 heterocycles. The molecule has 0 fully saturated rings. The number of rotatable bonds is 11. The van der Waals surface area contributed by atoms with Gasteiger partial charge >= 0.3 is 59.1 Å². The summed E-state index contributed by atoms with van der Waals surface area (Å²) in [5.41, 5.74) is 0. The first-order chi connectivity index (χ1) is 7.92. The molecule has 0 aliphatic rings. The Kier molecular flexibility index (Phi) is 24.5. The van der Waals surface area contributed by atoms with Crippen LogP contribution in [0.4, 0.5) is 0 Å². The summed E-state index contributed by atoms with van der Waals surface area (Å²) in [6.07, 6.45) is 3.33. The summed E-state index contributed by atoms with van der Waals surface area (Å²) in [5.74, 6) is 2.04. The van der Waals surface area contributed by atoms with Crippen LogP contribution in [0.5, 0.6) is 0 Å². The summed E-state index contributed by atoms with van der Waals surface area (Å²) < 4.78 is 36.4. The Morgan fingerprint density at radius 3 is 2.11 bits per heavy atom. The van der Waals surface area contributed by atoms with Crippen molar-refractivity contribution in [2.24, 2.45) is 0 Å². The molecule has 0 bridgehead atoms. The maximum atomic E-state index is 10.7. The van der Waals surface area contributed by atoms with Crippen LogP contribution in [0, 0.1) is 0 Å². The molecule has 0 rings (SSSR count). The van der Waals surface area contributed by atoms with Crippen molar-refractivity contribution in [1.82, 2.24) is 0 Å². The van der Waals surface area contributed by atoms with E-state index in [0.29, 0.717) is 13.0 Å². The van der Waals surface area contributed by atoms with E-state index in [1.54, 1.807) is 11.8 Å². The largest absolute Gasteiger partial charge is 1.00 e. The molecule has 0 aromatic rings. The van der Waals surface area contributed by atoms with Crippen molar-refractivity contribution in [3.8, 4) is 0 Å². The van der Waals surface area contributed by atoms with Crippen molar-refractivity contribution >= 4 is 53.1 Å². The first-order valence-corrected chi connectivity index (χ1v) is 10.9. The van der Waals surface area contributed by atoms with Gasteiger partial charge in [-0.25, -0.2) is 11.2 Å². The average molecular weight is 383 g/mol. The van der Waals surface area contributed by atoms with Gasteiger partial charge in [-0.05, 0) is 37.2 Å². The number of hydrogen-bond acceptors (Lipinski definition) is 8. The molecule has 0 saturated carbocycles. The Bertz CT molecular complexity index is 350. The summed E-state index contributed by atoms with van der Waals surface area (Å²) in [7, 11) is -4.79. The first kappa shape index (κ1) is 26.9. The summed E-state index contributed by atoms with van der Waals surface area (Å²) in [4.78, 5) is 0. The molecule has 0 unspecified atom stereocenters. The minimum absolute atomic E-state index is 0. The molecular weight excluding hydrogens is 366 g/mol. The summed E-state index contributed by atoms with van der Waals surface area (Å²) in [5, 5.41) is 0. The van der Waals surface area contributed by atoms with Gasteiger partial charge in [0.05, 0.1) is 0 Å². The standard InChI is InChI=1S/C8H17O4S5.2Na/c9-16(13)12-5-1-2-6-15-7-3-4-8-17(10,11)14;;/h1-8H2,(H,10,11,14);;/q-1;2*+1/p-1. The van der Waals surface area contributed by atoms with E-state index in [4.69, 9.17) is 4.18 Å². The third kappa shape index (κ3) is 26.2. The van der Waals surface area contributed by atoms with E-state index < -0.39 is 18.5 Å². The molecule has 104 valence electrons. The van der Waals surface area contributed by atoms with Gasteiger partial charge < -0.3 is 20.1 Å². The first-order valence-electron chi connectivity index (χ1n) is 5.15. The predicted molar refractivity (Wildman–Crippen MR) is 78.3 cm³/mol. The monoisotopic (exact) mass is 382 g/mol. The van der Waals surface area contributed by atoms with E-state index in [1.165, 1.54) is 0 Å². The summed E-state index contributed by atoms with van der Waals surface area (Å²) in [6.45, 7) is 0.435. The molecule has 0 aromatic carbocycles. The fourth-order valence-electron chi connectivity index (χ4n) is 1.02. The van der Waals surface area contributed by atoms with Crippen molar-refractivity contribution in [2.45, 2.75) is 25.7 Å². The molecule has 4 nitrogen and oxygen atoms in total. The maximum Gasteiger partial charge on any atom is 1.00 e. The molecule has 0 amide bonds.